The number of carbonyl (C=O) groups excluding carboxylic acids is 1. The first-order chi connectivity index (χ1) is 15.6. The summed E-state index contributed by atoms with van der Waals surface area (Å²) in [5, 5.41) is 12.1. The number of hydrogen-bond acceptors (Lipinski definition) is 4. The lowest BCUT2D eigenvalue weighted by atomic mass is 10.1. The smallest absolute Gasteiger partial charge is 0.257 e. The molecule has 2 aromatic carbocycles. The number of amides is 1. The Hall–Kier alpha value is -4.26. The fraction of sp³-hybridized carbons (Fsp3) is 0.120. The molecule has 1 amide bonds. The summed E-state index contributed by atoms with van der Waals surface area (Å²) in [5.41, 5.74) is 6.50. The van der Waals surface area contributed by atoms with E-state index in [0.717, 1.165) is 33.9 Å². The molecule has 0 unspecified atom stereocenters. The Bertz CT molecular complexity index is 1400. The summed E-state index contributed by atoms with van der Waals surface area (Å²) in [6.45, 7) is 4.18. The zero-order valence-corrected chi connectivity index (χ0v) is 17.9. The fourth-order valence-electron chi connectivity index (χ4n) is 3.79. The maximum absolute atomic E-state index is 13.0. The fourth-order valence-corrected chi connectivity index (χ4v) is 3.79. The number of hydrogen-bond donors (Lipinski definition) is 1. The summed E-state index contributed by atoms with van der Waals surface area (Å²) in [5.74, 6) is -0.219. The van der Waals surface area contributed by atoms with Gasteiger partial charge in [0.1, 0.15) is 5.56 Å². The van der Waals surface area contributed by atoms with Gasteiger partial charge in [0.2, 0.25) is 0 Å². The average Bonchev–Trinajstić information content (AvgIpc) is 3.43. The minimum absolute atomic E-state index is 0.219. The van der Waals surface area contributed by atoms with Gasteiger partial charge < -0.3 is 5.32 Å². The van der Waals surface area contributed by atoms with Crippen molar-refractivity contribution in [2.24, 2.45) is 0 Å². The Morgan fingerprint density at radius 3 is 2.47 bits per heavy atom. The third-order valence-corrected chi connectivity index (χ3v) is 5.32. The quantitative estimate of drug-likeness (QED) is 0.462. The SMILES string of the molecule is Cc1cc(C)n2ncc(C(=O)NCc3cn(-c4ccccc4)nc3-c3ccccc3)c2n1. The average molecular weight is 422 g/mol. The predicted octanol–water partition coefficient (Wildman–Crippen LogP) is 4.13. The molecular weight excluding hydrogens is 400 g/mol. The molecule has 0 saturated heterocycles. The Morgan fingerprint density at radius 1 is 1.00 bits per heavy atom. The van der Waals surface area contributed by atoms with Crippen molar-refractivity contribution in [2.45, 2.75) is 20.4 Å². The van der Waals surface area contributed by atoms with Crippen molar-refractivity contribution in [3.05, 3.63) is 102 Å². The summed E-state index contributed by atoms with van der Waals surface area (Å²) >= 11 is 0. The highest BCUT2D eigenvalue weighted by Crippen LogP contribution is 2.24. The zero-order valence-electron chi connectivity index (χ0n) is 17.9. The molecule has 158 valence electrons. The van der Waals surface area contributed by atoms with E-state index in [1.807, 2.05) is 91.5 Å². The number of nitrogens with zero attached hydrogens (tertiary/aromatic N) is 5. The maximum atomic E-state index is 13.0. The zero-order chi connectivity index (χ0) is 22.1. The molecule has 3 aromatic heterocycles. The second-order valence-electron chi connectivity index (χ2n) is 7.66. The van der Waals surface area contributed by atoms with Crippen LogP contribution >= 0.6 is 0 Å². The van der Waals surface area contributed by atoms with Crippen LogP contribution in [0.15, 0.2) is 79.1 Å². The molecule has 0 bridgehead atoms. The van der Waals surface area contributed by atoms with Crippen LogP contribution in [0.5, 0.6) is 0 Å². The van der Waals surface area contributed by atoms with E-state index < -0.39 is 0 Å². The van der Waals surface area contributed by atoms with Gasteiger partial charge in [0.15, 0.2) is 5.65 Å². The van der Waals surface area contributed by atoms with Gasteiger partial charge in [0.25, 0.3) is 5.91 Å². The minimum Gasteiger partial charge on any atom is -0.348 e. The lowest BCUT2D eigenvalue weighted by molar-refractivity contribution is 0.0952. The molecule has 0 spiro atoms. The van der Waals surface area contributed by atoms with E-state index in [1.165, 1.54) is 0 Å². The standard InChI is InChI=1S/C25H22N6O/c1-17-13-18(2)31-24(28-17)22(15-27-31)25(32)26-14-20-16-30(21-11-7-4-8-12-21)29-23(20)19-9-5-3-6-10-19/h3-13,15-16H,14H2,1-2H3,(H,26,32). The van der Waals surface area contributed by atoms with Crippen LogP contribution in [0, 0.1) is 13.8 Å². The summed E-state index contributed by atoms with van der Waals surface area (Å²) < 4.78 is 3.53. The number of benzene rings is 2. The lowest BCUT2D eigenvalue weighted by Crippen LogP contribution is -2.23. The van der Waals surface area contributed by atoms with Crippen LogP contribution in [0.1, 0.15) is 27.3 Å². The number of carbonyl (C=O) groups is 1. The maximum Gasteiger partial charge on any atom is 0.257 e. The van der Waals surface area contributed by atoms with Crippen molar-refractivity contribution in [1.29, 1.82) is 0 Å². The topological polar surface area (TPSA) is 77.1 Å². The molecule has 0 aliphatic heterocycles. The van der Waals surface area contributed by atoms with Gasteiger partial charge in [0.05, 0.1) is 17.6 Å². The van der Waals surface area contributed by atoms with Crippen LogP contribution < -0.4 is 5.32 Å². The van der Waals surface area contributed by atoms with Crippen LogP contribution in [0.3, 0.4) is 0 Å². The predicted molar refractivity (Wildman–Crippen MR) is 123 cm³/mol. The molecule has 0 fully saturated rings. The number of para-hydroxylation sites is 1. The van der Waals surface area contributed by atoms with Crippen LogP contribution in [-0.4, -0.2) is 30.3 Å². The van der Waals surface area contributed by atoms with Crippen molar-refractivity contribution in [3.63, 3.8) is 0 Å². The molecular formula is C25H22N6O. The van der Waals surface area contributed by atoms with Crippen molar-refractivity contribution in [2.75, 3.05) is 0 Å². The Kier molecular flexibility index (Phi) is 4.99. The van der Waals surface area contributed by atoms with E-state index in [2.05, 4.69) is 15.4 Å². The molecule has 0 aliphatic rings. The summed E-state index contributed by atoms with van der Waals surface area (Å²) in [6.07, 6.45) is 3.52. The summed E-state index contributed by atoms with van der Waals surface area (Å²) in [4.78, 5) is 17.5. The van der Waals surface area contributed by atoms with Crippen molar-refractivity contribution in [1.82, 2.24) is 29.7 Å². The molecule has 5 aromatic rings. The highest BCUT2D eigenvalue weighted by Gasteiger charge is 2.17. The normalized spacial score (nSPS) is 11.1. The first-order valence-corrected chi connectivity index (χ1v) is 10.4. The van der Waals surface area contributed by atoms with Crippen molar-refractivity contribution in [3.8, 4) is 16.9 Å². The van der Waals surface area contributed by atoms with Crippen LogP contribution in [-0.2, 0) is 6.54 Å². The van der Waals surface area contributed by atoms with E-state index in [1.54, 1.807) is 10.7 Å². The highest BCUT2D eigenvalue weighted by atomic mass is 16.1. The second-order valence-corrected chi connectivity index (χ2v) is 7.66. The molecule has 0 radical (unpaired) electrons. The third kappa shape index (κ3) is 3.65. The van der Waals surface area contributed by atoms with Crippen LogP contribution in [0.25, 0.3) is 22.6 Å². The van der Waals surface area contributed by atoms with E-state index in [9.17, 15) is 4.79 Å². The molecule has 1 N–H and O–H groups in total. The van der Waals surface area contributed by atoms with Gasteiger partial charge in [0, 0.05) is 35.3 Å². The number of nitrogens with one attached hydrogen (secondary N) is 1. The van der Waals surface area contributed by atoms with Gasteiger partial charge in [-0.3, -0.25) is 4.79 Å². The van der Waals surface area contributed by atoms with E-state index in [-0.39, 0.29) is 5.91 Å². The Morgan fingerprint density at radius 2 is 1.72 bits per heavy atom. The Balaban J connectivity index is 1.46. The van der Waals surface area contributed by atoms with Gasteiger partial charge in [-0.1, -0.05) is 48.5 Å². The molecule has 7 nitrogen and oxygen atoms in total. The van der Waals surface area contributed by atoms with E-state index >= 15 is 0 Å². The monoisotopic (exact) mass is 422 g/mol. The van der Waals surface area contributed by atoms with Gasteiger partial charge in [-0.15, -0.1) is 0 Å². The van der Waals surface area contributed by atoms with Gasteiger partial charge in [-0.25, -0.2) is 14.2 Å². The van der Waals surface area contributed by atoms with E-state index in [0.29, 0.717) is 17.8 Å². The molecule has 0 saturated carbocycles. The number of aryl methyl sites for hydroxylation is 2. The molecule has 32 heavy (non-hydrogen) atoms. The second kappa shape index (κ2) is 8.11. The summed E-state index contributed by atoms with van der Waals surface area (Å²) in [7, 11) is 0. The minimum atomic E-state index is -0.219. The van der Waals surface area contributed by atoms with Crippen LogP contribution in [0.2, 0.25) is 0 Å². The van der Waals surface area contributed by atoms with Crippen molar-refractivity contribution < 1.29 is 4.79 Å². The number of fused-ring (bicyclic) bond motifs is 1. The largest absolute Gasteiger partial charge is 0.348 e. The van der Waals surface area contributed by atoms with Gasteiger partial charge >= 0.3 is 0 Å². The molecule has 5 rings (SSSR count). The van der Waals surface area contributed by atoms with Crippen LogP contribution in [0.4, 0.5) is 0 Å². The first kappa shape index (κ1) is 19.7. The Labute approximate surface area is 185 Å². The molecule has 0 atom stereocenters. The molecule has 7 heteroatoms. The van der Waals surface area contributed by atoms with Crippen molar-refractivity contribution >= 4 is 11.6 Å². The first-order valence-electron chi connectivity index (χ1n) is 10.4. The number of rotatable bonds is 5. The van der Waals surface area contributed by atoms with Gasteiger partial charge in [-0.05, 0) is 32.0 Å². The lowest BCUT2D eigenvalue weighted by Gasteiger charge is -2.06. The number of aromatic nitrogens is 5. The summed E-state index contributed by atoms with van der Waals surface area (Å²) in [6, 6.07) is 21.8. The molecule has 0 aliphatic carbocycles. The third-order valence-electron chi connectivity index (χ3n) is 5.32. The highest BCUT2D eigenvalue weighted by molar-refractivity contribution is 5.99. The molecule has 3 heterocycles. The van der Waals surface area contributed by atoms with E-state index in [4.69, 9.17) is 5.10 Å². The van der Waals surface area contributed by atoms with Gasteiger partial charge in [-0.2, -0.15) is 10.2 Å².